The second-order valence-electron chi connectivity index (χ2n) is 5.40. The van der Waals surface area contributed by atoms with Crippen molar-refractivity contribution in [2.45, 2.75) is 25.2 Å². The quantitative estimate of drug-likeness (QED) is 0.748. The summed E-state index contributed by atoms with van der Waals surface area (Å²) in [5.41, 5.74) is 3.48. The maximum Gasteiger partial charge on any atom is 0.205 e. The van der Waals surface area contributed by atoms with E-state index in [1.807, 2.05) is 6.07 Å². The van der Waals surface area contributed by atoms with Crippen LogP contribution in [-0.4, -0.2) is 18.0 Å². The van der Waals surface area contributed by atoms with Gasteiger partial charge in [0.15, 0.2) is 0 Å². The molecule has 1 heterocycles. The zero-order chi connectivity index (χ0) is 14.7. The van der Waals surface area contributed by atoms with E-state index in [2.05, 4.69) is 71.4 Å². The minimum absolute atomic E-state index is 0.213. The van der Waals surface area contributed by atoms with Crippen molar-refractivity contribution in [3.05, 3.63) is 60.2 Å². The Hall–Kier alpha value is -1.16. The van der Waals surface area contributed by atoms with Crippen LogP contribution in [0.15, 0.2) is 54.6 Å². The molecule has 0 N–H and O–H groups in total. The molecule has 2 atom stereocenters. The van der Waals surface area contributed by atoms with Crippen LogP contribution >= 0.6 is 15.9 Å². The summed E-state index contributed by atoms with van der Waals surface area (Å²) in [5, 5.41) is 0.634. The second-order valence-corrected chi connectivity index (χ2v) is 5.96. The third-order valence-corrected chi connectivity index (χ3v) is 4.60. The largest absolute Gasteiger partial charge is 0.345 e. The van der Waals surface area contributed by atoms with Crippen LogP contribution in [-0.2, 0) is 15.3 Å². The van der Waals surface area contributed by atoms with Crippen LogP contribution in [0.3, 0.4) is 0 Å². The standard InChI is InChI=1S/C18H19BrO2/c1-14-11-12-20-18(13-19,21-14)17-9-7-16(8-10-17)15-5-3-2-4-6-15/h2-10,14H,11-13H2,1H3. The Kier molecular flexibility index (Phi) is 4.43. The van der Waals surface area contributed by atoms with Crippen molar-refractivity contribution in [1.82, 2.24) is 0 Å². The molecule has 2 aromatic rings. The van der Waals surface area contributed by atoms with Gasteiger partial charge in [0.1, 0.15) is 0 Å². The van der Waals surface area contributed by atoms with Crippen LogP contribution in [0.5, 0.6) is 0 Å². The highest BCUT2D eigenvalue weighted by Crippen LogP contribution is 2.35. The monoisotopic (exact) mass is 346 g/mol. The van der Waals surface area contributed by atoms with Crippen molar-refractivity contribution in [3.63, 3.8) is 0 Å². The molecule has 110 valence electrons. The average Bonchev–Trinajstić information content (AvgIpc) is 2.56. The predicted molar refractivity (Wildman–Crippen MR) is 88.5 cm³/mol. The molecular weight excluding hydrogens is 328 g/mol. The summed E-state index contributed by atoms with van der Waals surface area (Å²) < 4.78 is 12.0. The Morgan fingerprint density at radius 1 is 1.05 bits per heavy atom. The van der Waals surface area contributed by atoms with Gasteiger partial charge in [-0.3, -0.25) is 0 Å². The van der Waals surface area contributed by atoms with Gasteiger partial charge in [-0.2, -0.15) is 0 Å². The first-order valence-corrected chi connectivity index (χ1v) is 8.39. The van der Waals surface area contributed by atoms with E-state index in [4.69, 9.17) is 9.47 Å². The molecule has 0 saturated carbocycles. The number of benzene rings is 2. The Morgan fingerprint density at radius 3 is 2.33 bits per heavy atom. The summed E-state index contributed by atoms with van der Waals surface area (Å²) in [6.45, 7) is 2.82. The molecule has 3 heteroatoms. The van der Waals surface area contributed by atoms with Crippen molar-refractivity contribution < 1.29 is 9.47 Å². The van der Waals surface area contributed by atoms with Crippen molar-refractivity contribution in [2.75, 3.05) is 11.9 Å². The minimum atomic E-state index is -0.660. The third-order valence-electron chi connectivity index (χ3n) is 3.86. The van der Waals surface area contributed by atoms with Gasteiger partial charge in [0.05, 0.1) is 18.0 Å². The van der Waals surface area contributed by atoms with Gasteiger partial charge in [0.25, 0.3) is 0 Å². The fraction of sp³-hybridized carbons (Fsp3) is 0.333. The number of ether oxygens (including phenoxy) is 2. The maximum atomic E-state index is 6.09. The van der Waals surface area contributed by atoms with E-state index in [0.717, 1.165) is 18.6 Å². The molecule has 0 spiro atoms. The fourth-order valence-corrected chi connectivity index (χ4v) is 3.27. The lowest BCUT2D eigenvalue weighted by atomic mass is 10.00. The SMILES string of the molecule is CC1CCOC(CBr)(c2ccc(-c3ccccc3)cc2)O1. The van der Waals surface area contributed by atoms with Crippen LogP contribution in [0.1, 0.15) is 18.9 Å². The first kappa shape index (κ1) is 14.8. The molecule has 0 amide bonds. The highest BCUT2D eigenvalue weighted by molar-refractivity contribution is 9.09. The van der Waals surface area contributed by atoms with E-state index in [0.29, 0.717) is 5.33 Å². The molecule has 0 bridgehead atoms. The van der Waals surface area contributed by atoms with Crippen LogP contribution in [0.2, 0.25) is 0 Å². The molecule has 0 radical (unpaired) electrons. The molecule has 1 saturated heterocycles. The highest BCUT2D eigenvalue weighted by atomic mass is 79.9. The van der Waals surface area contributed by atoms with Crippen molar-refractivity contribution in [2.24, 2.45) is 0 Å². The zero-order valence-electron chi connectivity index (χ0n) is 12.1. The summed E-state index contributed by atoms with van der Waals surface area (Å²) in [4.78, 5) is 0. The van der Waals surface area contributed by atoms with Gasteiger partial charge in [-0.1, -0.05) is 70.5 Å². The maximum absolute atomic E-state index is 6.09. The summed E-state index contributed by atoms with van der Waals surface area (Å²) in [6.07, 6.45) is 1.15. The van der Waals surface area contributed by atoms with Gasteiger partial charge < -0.3 is 9.47 Å². The number of rotatable bonds is 3. The smallest absolute Gasteiger partial charge is 0.205 e. The van der Waals surface area contributed by atoms with Gasteiger partial charge in [-0.25, -0.2) is 0 Å². The molecule has 0 aromatic heterocycles. The van der Waals surface area contributed by atoms with E-state index in [9.17, 15) is 0 Å². The molecule has 1 aliphatic heterocycles. The lowest BCUT2D eigenvalue weighted by molar-refractivity contribution is -0.285. The number of hydrogen-bond donors (Lipinski definition) is 0. The van der Waals surface area contributed by atoms with Crippen LogP contribution in [0, 0.1) is 0 Å². The van der Waals surface area contributed by atoms with Crippen LogP contribution in [0.4, 0.5) is 0 Å². The first-order chi connectivity index (χ1) is 10.2. The molecule has 2 aromatic carbocycles. The summed E-state index contributed by atoms with van der Waals surface area (Å²) in [6, 6.07) is 18.8. The average molecular weight is 347 g/mol. The first-order valence-electron chi connectivity index (χ1n) is 7.27. The van der Waals surface area contributed by atoms with E-state index in [1.165, 1.54) is 11.1 Å². The van der Waals surface area contributed by atoms with Crippen LogP contribution in [0.25, 0.3) is 11.1 Å². The van der Waals surface area contributed by atoms with Crippen molar-refractivity contribution in [3.8, 4) is 11.1 Å². The Balaban J connectivity index is 1.89. The number of hydrogen-bond acceptors (Lipinski definition) is 2. The van der Waals surface area contributed by atoms with Crippen molar-refractivity contribution in [1.29, 1.82) is 0 Å². The molecule has 1 aliphatic rings. The molecule has 21 heavy (non-hydrogen) atoms. The van der Waals surface area contributed by atoms with Gasteiger partial charge in [-0.05, 0) is 24.5 Å². The molecule has 2 nitrogen and oxygen atoms in total. The fourth-order valence-electron chi connectivity index (χ4n) is 2.65. The van der Waals surface area contributed by atoms with E-state index >= 15 is 0 Å². The van der Waals surface area contributed by atoms with Crippen molar-refractivity contribution >= 4 is 15.9 Å². The lowest BCUT2D eigenvalue weighted by Gasteiger charge is -2.39. The number of alkyl halides is 1. The lowest BCUT2D eigenvalue weighted by Crippen LogP contribution is -2.42. The highest BCUT2D eigenvalue weighted by Gasteiger charge is 2.38. The zero-order valence-corrected chi connectivity index (χ0v) is 13.7. The van der Waals surface area contributed by atoms with Gasteiger partial charge in [0.2, 0.25) is 5.79 Å². The van der Waals surface area contributed by atoms with E-state index in [-0.39, 0.29) is 6.10 Å². The summed E-state index contributed by atoms with van der Waals surface area (Å²) >= 11 is 3.55. The second kappa shape index (κ2) is 6.30. The number of halogens is 1. The topological polar surface area (TPSA) is 18.5 Å². The normalized spacial score (nSPS) is 25.7. The molecule has 1 fully saturated rings. The molecular formula is C18H19BrO2. The predicted octanol–water partition coefficient (Wildman–Crippen LogP) is 4.73. The van der Waals surface area contributed by atoms with Crippen LogP contribution < -0.4 is 0 Å². The third kappa shape index (κ3) is 3.05. The van der Waals surface area contributed by atoms with Gasteiger partial charge in [-0.15, -0.1) is 0 Å². The Morgan fingerprint density at radius 2 is 1.71 bits per heavy atom. The Labute approximate surface area is 134 Å². The van der Waals surface area contributed by atoms with E-state index in [1.54, 1.807) is 0 Å². The van der Waals surface area contributed by atoms with E-state index < -0.39 is 5.79 Å². The molecule has 2 unspecified atom stereocenters. The molecule has 3 rings (SSSR count). The summed E-state index contributed by atoms with van der Waals surface area (Å²) in [5.74, 6) is -0.660. The minimum Gasteiger partial charge on any atom is -0.345 e. The molecule has 0 aliphatic carbocycles. The summed E-state index contributed by atoms with van der Waals surface area (Å²) in [7, 11) is 0. The van der Waals surface area contributed by atoms with Gasteiger partial charge in [0, 0.05) is 5.56 Å². The Bertz CT molecular complexity index is 582. The van der Waals surface area contributed by atoms with Gasteiger partial charge >= 0.3 is 0 Å².